The summed E-state index contributed by atoms with van der Waals surface area (Å²) in [6, 6.07) is 5.84. The van der Waals surface area contributed by atoms with Gasteiger partial charge in [0.25, 0.3) is 0 Å². The SMILES string of the molecule is COc1cc(OC)c(C(Br)c2cc(Br)c(Br)s2)cc1OC. The molecular formula is C14H13Br3O3S. The van der Waals surface area contributed by atoms with Crippen LogP contribution in [0, 0.1) is 0 Å². The van der Waals surface area contributed by atoms with E-state index >= 15 is 0 Å². The molecule has 0 aliphatic rings. The number of methoxy groups -OCH3 is 3. The third-order valence-electron chi connectivity index (χ3n) is 2.92. The van der Waals surface area contributed by atoms with Crippen LogP contribution in [0.15, 0.2) is 26.5 Å². The summed E-state index contributed by atoms with van der Waals surface area (Å²) in [5.41, 5.74) is 0.983. The summed E-state index contributed by atoms with van der Waals surface area (Å²) in [6.45, 7) is 0. The lowest BCUT2D eigenvalue weighted by Gasteiger charge is -2.17. The molecule has 0 amide bonds. The van der Waals surface area contributed by atoms with Crippen LogP contribution in [0.2, 0.25) is 0 Å². The van der Waals surface area contributed by atoms with Crippen molar-refractivity contribution in [2.75, 3.05) is 21.3 Å². The number of thiophene rings is 1. The van der Waals surface area contributed by atoms with Crippen molar-refractivity contribution < 1.29 is 14.2 Å². The molecule has 2 rings (SSSR count). The third-order valence-corrected chi connectivity index (χ3v) is 7.53. The predicted octanol–water partition coefficient (Wildman–Crippen LogP) is 5.78. The highest BCUT2D eigenvalue weighted by molar-refractivity contribution is 9.13. The van der Waals surface area contributed by atoms with E-state index in [2.05, 4.69) is 53.9 Å². The molecule has 7 heteroatoms. The molecule has 114 valence electrons. The van der Waals surface area contributed by atoms with Gasteiger partial charge in [0.05, 0.1) is 29.9 Å². The summed E-state index contributed by atoms with van der Waals surface area (Å²) in [4.78, 5) is 1.15. The highest BCUT2D eigenvalue weighted by atomic mass is 79.9. The van der Waals surface area contributed by atoms with Crippen LogP contribution in [0.5, 0.6) is 17.2 Å². The van der Waals surface area contributed by atoms with Gasteiger partial charge < -0.3 is 14.2 Å². The predicted molar refractivity (Wildman–Crippen MR) is 96.6 cm³/mol. The fourth-order valence-corrected chi connectivity index (χ4v) is 4.75. The van der Waals surface area contributed by atoms with Gasteiger partial charge in [-0.1, -0.05) is 15.9 Å². The molecule has 0 fully saturated rings. The summed E-state index contributed by atoms with van der Waals surface area (Å²) in [6.07, 6.45) is 0. The molecule has 0 aliphatic heterocycles. The first-order valence-corrected chi connectivity index (χ1v) is 9.22. The van der Waals surface area contributed by atoms with E-state index in [0.717, 1.165) is 24.4 Å². The van der Waals surface area contributed by atoms with E-state index in [-0.39, 0.29) is 4.83 Å². The average molecular weight is 501 g/mol. The zero-order valence-corrected chi connectivity index (χ0v) is 17.2. The molecule has 0 saturated carbocycles. The number of benzene rings is 1. The lowest BCUT2D eigenvalue weighted by molar-refractivity contribution is 0.348. The molecule has 3 nitrogen and oxygen atoms in total. The Morgan fingerprint density at radius 2 is 1.48 bits per heavy atom. The quantitative estimate of drug-likeness (QED) is 0.487. The molecule has 21 heavy (non-hydrogen) atoms. The first kappa shape index (κ1) is 17.1. The molecule has 1 aromatic carbocycles. The molecule has 0 spiro atoms. The maximum atomic E-state index is 5.48. The number of alkyl halides is 1. The molecular weight excluding hydrogens is 488 g/mol. The summed E-state index contributed by atoms with van der Waals surface area (Å²) >= 11 is 12.4. The van der Waals surface area contributed by atoms with Gasteiger partial charge in [0.1, 0.15) is 5.75 Å². The van der Waals surface area contributed by atoms with Crippen LogP contribution in [-0.4, -0.2) is 21.3 Å². The second kappa shape index (κ2) is 7.35. The van der Waals surface area contributed by atoms with Crippen LogP contribution in [0.1, 0.15) is 15.3 Å². The molecule has 0 N–H and O–H groups in total. The topological polar surface area (TPSA) is 27.7 Å². The van der Waals surface area contributed by atoms with Gasteiger partial charge in [0.2, 0.25) is 0 Å². The minimum Gasteiger partial charge on any atom is -0.496 e. The smallest absolute Gasteiger partial charge is 0.164 e. The van der Waals surface area contributed by atoms with Crippen molar-refractivity contribution in [3.63, 3.8) is 0 Å². The zero-order valence-electron chi connectivity index (χ0n) is 11.6. The molecule has 0 radical (unpaired) electrons. The fraction of sp³-hybridized carbons (Fsp3) is 0.286. The van der Waals surface area contributed by atoms with E-state index in [4.69, 9.17) is 14.2 Å². The Morgan fingerprint density at radius 1 is 0.905 bits per heavy atom. The minimum absolute atomic E-state index is 0.000133. The highest BCUT2D eigenvalue weighted by Crippen LogP contribution is 2.46. The van der Waals surface area contributed by atoms with E-state index in [1.807, 2.05) is 12.1 Å². The number of rotatable bonds is 5. The van der Waals surface area contributed by atoms with Gasteiger partial charge in [-0.3, -0.25) is 0 Å². The first-order valence-electron chi connectivity index (χ1n) is 5.90. The Labute approximate surface area is 153 Å². The van der Waals surface area contributed by atoms with Crippen LogP contribution in [0.3, 0.4) is 0 Å². The number of ether oxygens (including phenoxy) is 3. The molecule has 1 aromatic heterocycles. The number of hydrogen-bond acceptors (Lipinski definition) is 4. The fourth-order valence-electron chi connectivity index (χ4n) is 1.89. The maximum Gasteiger partial charge on any atom is 0.164 e. The van der Waals surface area contributed by atoms with Gasteiger partial charge >= 0.3 is 0 Å². The van der Waals surface area contributed by atoms with Crippen molar-refractivity contribution in [2.24, 2.45) is 0 Å². The molecule has 0 aliphatic carbocycles. The lowest BCUT2D eigenvalue weighted by Crippen LogP contribution is -1.99. The van der Waals surface area contributed by atoms with Crippen LogP contribution in [-0.2, 0) is 0 Å². The van der Waals surface area contributed by atoms with Gasteiger partial charge in [0, 0.05) is 21.0 Å². The van der Waals surface area contributed by atoms with E-state index in [1.165, 1.54) is 0 Å². The lowest BCUT2D eigenvalue weighted by atomic mass is 10.1. The summed E-state index contributed by atoms with van der Waals surface area (Å²) < 4.78 is 18.3. The van der Waals surface area contributed by atoms with E-state index < -0.39 is 0 Å². The molecule has 1 atom stereocenters. The van der Waals surface area contributed by atoms with Crippen molar-refractivity contribution in [1.82, 2.24) is 0 Å². The maximum absolute atomic E-state index is 5.48. The third kappa shape index (κ3) is 3.57. The van der Waals surface area contributed by atoms with Gasteiger partial charge in [-0.15, -0.1) is 11.3 Å². The second-order valence-corrected chi connectivity index (χ2v) is 8.25. The summed E-state index contributed by atoms with van der Waals surface area (Å²) in [7, 11) is 4.87. The van der Waals surface area contributed by atoms with Crippen molar-refractivity contribution in [2.45, 2.75) is 4.83 Å². The molecule has 1 heterocycles. The number of halogens is 3. The van der Waals surface area contributed by atoms with E-state index in [1.54, 1.807) is 32.7 Å². The molecule has 2 aromatic rings. The van der Waals surface area contributed by atoms with Crippen molar-refractivity contribution in [3.05, 3.63) is 36.9 Å². The van der Waals surface area contributed by atoms with Crippen molar-refractivity contribution >= 4 is 59.1 Å². The van der Waals surface area contributed by atoms with Crippen LogP contribution in [0.25, 0.3) is 0 Å². The summed E-state index contributed by atoms with van der Waals surface area (Å²) in [5, 5.41) is 0. The van der Waals surface area contributed by atoms with Gasteiger partial charge in [-0.2, -0.15) is 0 Å². The number of hydrogen-bond donors (Lipinski definition) is 0. The Kier molecular flexibility index (Phi) is 5.99. The molecule has 1 unspecified atom stereocenters. The van der Waals surface area contributed by atoms with Crippen molar-refractivity contribution in [3.8, 4) is 17.2 Å². The molecule has 0 bridgehead atoms. The minimum atomic E-state index is -0.000133. The van der Waals surface area contributed by atoms with Crippen LogP contribution >= 0.6 is 59.1 Å². The van der Waals surface area contributed by atoms with Crippen molar-refractivity contribution in [1.29, 1.82) is 0 Å². The normalized spacial score (nSPS) is 12.1. The highest BCUT2D eigenvalue weighted by Gasteiger charge is 2.21. The monoisotopic (exact) mass is 498 g/mol. The van der Waals surface area contributed by atoms with E-state index in [0.29, 0.717) is 11.5 Å². The average Bonchev–Trinajstić information content (AvgIpc) is 2.84. The van der Waals surface area contributed by atoms with Gasteiger partial charge in [-0.25, -0.2) is 0 Å². The Morgan fingerprint density at radius 3 is 1.95 bits per heavy atom. The second-order valence-electron chi connectivity index (χ2n) is 4.08. The van der Waals surface area contributed by atoms with Gasteiger partial charge in [-0.05, 0) is 44.0 Å². The summed E-state index contributed by atoms with van der Waals surface area (Å²) in [5.74, 6) is 2.06. The first-order chi connectivity index (χ1) is 10.0. The van der Waals surface area contributed by atoms with Gasteiger partial charge in [0.15, 0.2) is 11.5 Å². The Bertz CT molecular complexity index is 623. The Hall–Kier alpha value is -0.240. The zero-order chi connectivity index (χ0) is 15.6. The molecule has 0 saturated heterocycles. The van der Waals surface area contributed by atoms with Crippen LogP contribution in [0.4, 0.5) is 0 Å². The van der Waals surface area contributed by atoms with Crippen LogP contribution < -0.4 is 14.2 Å². The standard InChI is InChI=1S/C14H13Br3O3S/c1-18-9-6-11(20-3)10(19-2)4-7(9)13(16)12-5-8(15)14(17)21-12/h4-6,13H,1-3H3. The van der Waals surface area contributed by atoms with E-state index in [9.17, 15) is 0 Å². The Balaban J connectivity index is 2.50. The largest absolute Gasteiger partial charge is 0.496 e.